The molecule has 0 atom stereocenters. The van der Waals surface area contributed by atoms with Crippen molar-refractivity contribution in [3.8, 4) is 0 Å². The Morgan fingerprint density at radius 1 is 1.25 bits per heavy atom. The minimum Gasteiger partial charge on any atom is -0.726 e. The molecule has 0 spiro atoms. The molecule has 72 valence electrons. The van der Waals surface area contributed by atoms with Gasteiger partial charge in [-0.25, -0.2) is 8.42 Å². The van der Waals surface area contributed by atoms with E-state index in [1.54, 1.807) is 0 Å². The van der Waals surface area contributed by atoms with E-state index < -0.39 is 10.4 Å². The van der Waals surface area contributed by atoms with Gasteiger partial charge >= 0.3 is 0 Å². The maximum Gasteiger partial charge on any atom is 0.217 e. The van der Waals surface area contributed by atoms with Crippen molar-refractivity contribution in [2.45, 2.75) is 32.1 Å². The van der Waals surface area contributed by atoms with E-state index in [0.29, 0.717) is 0 Å². The molecule has 0 aromatic carbocycles. The van der Waals surface area contributed by atoms with Crippen molar-refractivity contribution in [1.82, 2.24) is 0 Å². The zero-order chi connectivity index (χ0) is 9.03. The van der Waals surface area contributed by atoms with Gasteiger partial charge in [0.05, 0.1) is 6.61 Å². The Hall–Kier alpha value is -0.130. The molecule has 0 bridgehead atoms. The fraction of sp³-hybridized carbons (Fsp3) is 1.00. The molecule has 0 radical (unpaired) electrons. The monoisotopic (exact) mass is 193 g/mol. The first-order valence-corrected chi connectivity index (χ1v) is 5.51. The van der Waals surface area contributed by atoms with Crippen LogP contribution in [0.5, 0.6) is 0 Å². The maximum absolute atomic E-state index is 10.1. The lowest BCUT2D eigenvalue weighted by Gasteiger charge is -2.21. The molecule has 0 heterocycles. The summed E-state index contributed by atoms with van der Waals surface area (Å²) in [6.07, 6.45) is 5.41. The predicted molar refractivity (Wildman–Crippen MR) is 42.2 cm³/mol. The first-order valence-electron chi connectivity index (χ1n) is 4.18. The van der Waals surface area contributed by atoms with Gasteiger partial charge in [-0.05, 0) is 18.8 Å². The normalized spacial score (nSPS) is 21.1. The lowest BCUT2D eigenvalue weighted by molar-refractivity contribution is 0.189. The van der Waals surface area contributed by atoms with Gasteiger partial charge in [0.15, 0.2) is 0 Å². The molecule has 1 saturated carbocycles. The molecule has 0 N–H and O–H groups in total. The highest BCUT2D eigenvalue weighted by atomic mass is 32.3. The Morgan fingerprint density at radius 3 is 2.33 bits per heavy atom. The molecule has 0 aromatic heterocycles. The van der Waals surface area contributed by atoms with Gasteiger partial charge in [0.2, 0.25) is 10.4 Å². The van der Waals surface area contributed by atoms with Crippen LogP contribution >= 0.6 is 0 Å². The smallest absolute Gasteiger partial charge is 0.217 e. The van der Waals surface area contributed by atoms with Crippen molar-refractivity contribution in [1.29, 1.82) is 0 Å². The largest absolute Gasteiger partial charge is 0.726 e. The molecule has 1 fully saturated rings. The maximum atomic E-state index is 10.1. The van der Waals surface area contributed by atoms with E-state index in [1.807, 2.05) is 0 Å². The summed E-state index contributed by atoms with van der Waals surface area (Å²) < 4.78 is 34.5. The molecule has 0 aliphatic heterocycles. The summed E-state index contributed by atoms with van der Waals surface area (Å²) in [7, 11) is -4.47. The van der Waals surface area contributed by atoms with Gasteiger partial charge in [-0.15, -0.1) is 0 Å². The van der Waals surface area contributed by atoms with Crippen LogP contribution in [0.25, 0.3) is 0 Å². The molecule has 1 aliphatic rings. The van der Waals surface area contributed by atoms with Crippen LogP contribution in [0.15, 0.2) is 0 Å². The van der Waals surface area contributed by atoms with Crippen molar-refractivity contribution in [3.05, 3.63) is 0 Å². The third kappa shape index (κ3) is 4.04. The zero-order valence-electron chi connectivity index (χ0n) is 6.86. The molecular weight excluding hydrogens is 180 g/mol. The van der Waals surface area contributed by atoms with Crippen molar-refractivity contribution < 1.29 is 17.2 Å². The topological polar surface area (TPSA) is 66.4 Å². The summed E-state index contributed by atoms with van der Waals surface area (Å²) in [4.78, 5) is 0. The van der Waals surface area contributed by atoms with Gasteiger partial charge in [0.25, 0.3) is 0 Å². The lowest BCUT2D eigenvalue weighted by Crippen LogP contribution is -2.16. The fourth-order valence-electron chi connectivity index (χ4n) is 1.53. The Morgan fingerprint density at radius 2 is 1.83 bits per heavy atom. The first-order chi connectivity index (χ1) is 5.58. The van der Waals surface area contributed by atoms with Gasteiger partial charge in [-0.3, -0.25) is 4.18 Å². The summed E-state index contributed by atoms with van der Waals surface area (Å²) in [5, 5.41) is 0. The highest BCUT2D eigenvalue weighted by molar-refractivity contribution is 7.80. The van der Waals surface area contributed by atoms with E-state index >= 15 is 0 Å². The van der Waals surface area contributed by atoms with E-state index in [1.165, 1.54) is 6.42 Å². The van der Waals surface area contributed by atoms with Gasteiger partial charge in [-0.1, -0.05) is 19.3 Å². The van der Waals surface area contributed by atoms with E-state index in [9.17, 15) is 13.0 Å². The fourth-order valence-corrected chi connectivity index (χ4v) is 1.89. The average Bonchev–Trinajstić information content (AvgIpc) is 2.02. The predicted octanol–water partition coefficient (Wildman–Crippen LogP) is 1.04. The van der Waals surface area contributed by atoms with Crippen LogP contribution in [0, 0.1) is 5.92 Å². The summed E-state index contributed by atoms with van der Waals surface area (Å²) in [5.74, 6) is 0.266. The quantitative estimate of drug-likeness (QED) is 0.496. The molecule has 12 heavy (non-hydrogen) atoms. The van der Waals surface area contributed by atoms with Crippen LogP contribution < -0.4 is 0 Å². The van der Waals surface area contributed by atoms with Crippen LogP contribution in [0.2, 0.25) is 0 Å². The highest BCUT2D eigenvalue weighted by Gasteiger charge is 2.14. The Labute approximate surface area is 72.9 Å². The molecule has 1 aliphatic carbocycles. The lowest BCUT2D eigenvalue weighted by atomic mass is 9.90. The summed E-state index contributed by atoms with van der Waals surface area (Å²) in [6.45, 7) is 0.0752. The molecule has 1 rings (SSSR count). The molecule has 0 aromatic rings. The van der Waals surface area contributed by atoms with Crippen molar-refractivity contribution in [2.24, 2.45) is 5.92 Å². The second-order valence-electron chi connectivity index (χ2n) is 3.20. The van der Waals surface area contributed by atoms with Gasteiger partial charge < -0.3 is 4.55 Å². The van der Waals surface area contributed by atoms with Crippen LogP contribution in [0.4, 0.5) is 0 Å². The Balaban J connectivity index is 2.22. The molecule has 5 heteroatoms. The minimum atomic E-state index is -4.47. The molecule has 0 saturated heterocycles. The van der Waals surface area contributed by atoms with Crippen LogP contribution in [0.3, 0.4) is 0 Å². The van der Waals surface area contributed by atoms with Crippen LogP contribution in [-0.2, 0) is 14.6 Å². The van der Waals surface area contributed by atoms with Crippen molar-refractivity contribution >= 4 is 10.4 Å². The molecular formula is C7H13O4S-. The zero-order valence-corrected chi connectivity index (χ0v) is 7.68. The minimum absolute atomic E-state index is 0.0752. The SMILES string of the molecule is O=S(=O)([O-])OCC1CCCCC1. The summed E-state index contributed by atoms with van der Waals surface area (Å²) in [5.41, 5.74) is 0. The number of hydrogen-bond acceptors (Lipinski definition) is 4. The highest BCUT2D eigenvalue weighted by Crippen LogP contribution is 2.23. The summed E-state index contributed by atoms with van der Waals surface area (Å²) in [6, 6.07) is 0. The van der Waals surface area contributed by atoms with Gasteiger partial charge in [0, 0.05) is 0 Å². The Kier molecular flexibility index (Phi) is 3.49. The van der Waals surface area contributed by atoms with E-state index in [4.69, 9.17) is 0 Å². The molecule has 4 nitrogen and oxygen atoms in total. The summed E-state index contributed by atoms with van der Waals surface area (Å²) >= 11 is 0. The second-order valence-corrected chi connectivity index (χ2v) is 4.25. The number of hydrogen-bond donors (Lipinski definition) is 0. The average molecular weight is 193 g/mol. The van der Waals surface area contributed by atoms with Crippen molar-refractivity contribution in [2.75, 3.05) is 6.61 Å². The van der Waals surface area contributed by atoms with Crippen LogP contribution in [-0.4, -0.2) is 19.6 Å². The Bertz CT molecular complexity index is 216. The third-order valence-electron chi connectivity index (χ3n) is 2.17. The van der Waals surface area contributed by atoms with E-state index in [2.05, 4.69) is 4.18 Å². The molecule has 0 unspecified atom stereocenters. The van der Waals surface area contributed by atoms with Gasteiger partial charge in [0.1, 0.15) is 0 Å². The molecule has 0 amide bonds. The van der Waals surface area contributed by atoms with Crippen LogP contribution in [0.1, 0.15) is 32.1 Å². The second kappa shape index (κ2) is 4.20. The number of rotatable bonds is 3. The van der Waals surface area contributed by atoms with Gasteiger partial charge in [-0.2, -0.15) is 0 Å². The standard InChI is InChI=1S/C7H14O4S/c8-12(9,10)11-6-7-4-2-1-3-5-7/h7H,1-6H2,(H,8,9,10)/p-1. The third-order valence-corrected chi connectivity index (χ3v) is 2.60. The van der Waals surface area contributed by atoms with Crippen molar-refractivity contribution in [3.63, 3.8) is 0 Å². The van der Waals surface area contributed by atoms with E-state index in [-0.39, 0.29) is 12.5 Å². The first kappa shape index (κ1) is 9.95. The van der Waals surface area contributed by atoms with E-state index in [0.717, 1.165) is 25.7 Å².